The van der Waals surface area contributed by atoms with Gasteiger partial charge in [-0.05, 0) is 44.5 Å². The van der Waals surface area contributed by atoms with Gasteiger partial charge < -0.3 is 9.84 Å². The van der Waals surface area contributed by atoms with Gasteiger partial charge in [-0.15, -0.1) is 0 Å². The number of aryl methyl sites for hydroxylation is 2. The molecule has 2 rings (SSSR count). The first-order valence-electron chi connectivity index (χ1n) is 7.73. The number of aromatic nitrogens is 1. The van der Waals surface area contributed by atoms with Crippen molar-refractivity contribution in [1.29, 1.82) is 0 Å². The summed E-state index contributed by atoms with van der Waals surface area (Å²) < 4.78 is 32.3. The van der Waals surface area contributed by atoms with Crippen LogP contribution in [0.25, 0.3) is 0 Å². The third-order valence-electron chi connectivity index (χ3n) is 3.48. The second-order valence-electron chi connectivity index (χ2n) is 5.47. The minimum atomic E-state index is -3.70. The van der Waals surface area contributed by atoms with Crippen molar-refractivity contribution in [2.45, 2.75) is 44.9 Å². The second kappa shape index (κ2) is 7.50. The summed E-state index contributed by atoms with van der Waals surface area (Å²) in [5.74, 6) is 0.282. The van der Waals surface area contributed by atoms with E-state index in [1.807, 2.05) is 12.1 Å². The van der Waals surface area contributed by atoms with Gasteiger partial charge in [-0.1, -0.05) is 24.9 Å². The van der Waals surface area contributed by atoms with Gasteiger partial charge in [-0.3, -0.25) is 4.72 Å². The van der Waals surface area contributed by atoms with Crippen LogP contribution in [0.5, 0.6) is 0 Å². The Hall–Kier alpha value is -2.02. The minimum Gasteiger partial charge on any atom is -0.385 e. The van der Waals surface area contributed by atoms with Gasteiger partial charge in [0, 0.05) is 17.9 Å². The lowest BCUT2D eigenvalue weighted by Crippen LogP contribution is -2.14. The first-order chi connectivity index (χ1) is 10.9. The summed E-state index contributed by atoms with van der Waals surface area (Å²) in [5, 5.41) is 7.00. The van der Waals surface area contributed by atoms with Crippen molar-refractivity contribution in [1.82, 2.24) is 5.16 Å². The van der Waals surface area contributed by atoms with Gasteiger partial charge in [-0.2, -0.15) is 0 Å². The number of sulfonamides is 1. The molecule has 0 aliphatic carbocycles. The Labute approximate surface area is 137 Å². The fourth-order valence-corrected chi connectivity index (χ4v) is 3.72. The second-order valence-corrected chi connectivity index (χ2v) is 7.09. The quantitative estimate of drug-likeness (QED) is 0.718. The molecule has 7 heteroatoms. The molecular weight excluding hydrogens is 314 g/mol. The summed E-state index contributed by atoms with van der Waals surface area (Å²) in [6.45, 7) is 6.27. The highest BCUT2D eigenvalue weighted by atomic mass is 32.2. The molecule has 0 fully saturated rings. The largest absolute Gasteiger partial charge is 0.385 e. The SMILES string of the molecule is CCCCCNc1ccc(NS(=O)(=O)c2c(C)noc2C)cc1. The summed E-state index contributed by atoms with van der Waals surface area (Å²) in [4.78, 5) is 0.0965. The molecule has 0 atom stereocenters. The van der Waals surface area contributed by atoms with Crippen molar-refractivity contribution in [3.63, 3.8) is 0 Å². The van der Waals surface area contributed by atoms with E-state index >= 15 is 0 Å². The van der Waals surface area contributed by atoms with Crippen LogP contribution in [-0.2, 0) is 10.0 Å². The maximum atomic E-state index is 12.4. The molecular formula is C16H23N3O3S. The summed E-state index contributed by atoms with van der Waals surface area (Å²) >= 11 is 0. The summed E-state index contributed by atoms with van der Waals surface area (Å²) in [6, 6.07) is 7.18. The lowest BCUT2D eigenvalue weighted by molar-refractivity contribution is 0.390. The Morgan fingerprint density at radius 3 is 2.30 bits per heavy atom. The summed E-state index contributed by atoms with van der Waals surface area (Å²) in [7, 11) is -3.70. The topological polar surface area (TPSA) is 84.2 Å². The van der Waals surface area contributed by atoms with E-state index in [4.69, 9.17) is 4.52 Å². The Kier molecular flexibility index (Phi) is 5.65. The summed E-state index contributed by atoms with van der Waals surface area (Å²) in [5.41, 5.74) is 1.83. The first kappa shape index (κ1) is 17.3. The highest BCUT2D eigenvalue weighted by Crippen LogP contribution is 2.23. The number of rotatable bonds is 8. The van der Waals surface area contributed by atoms with E-state index in [-0.39, 0.29) is 10.7 Å². The van der Waals surface area contributed by atoms with Crippen LogP contribution in [0.3, 0.4) is 0 Å². The monoisotopic (exact) mass is 337 g/mol. The number of nitrogens with one attached hydrogen (secondary N) is 2. The molecule has 6 nitrogen and oxygen atoms in total. The lowest BCUT2D eigenvalue weighted by Gasteiger charge is -2.09. The molecule has 1 heterocycles. The molecule has 126 valence electrons. The number of hydrogen-bond acceptors (Lipinski definition) is 5. The fourth-order valence-electron chi connectivity index (χ4n) is 2.33. The number of unbranched alkanes of at least 4 members (excludes halogenated alkanes) is 2. The Morgan fingerprint density at radius 1 is 1.09 bits per heavy atom. The molecule has 1 aromatic carbocycles. The van der Waals surface area contributed by atoms with E-state index in [2.05, 4.69) is 22.1 Å². The van der Waals surface area contributed by atoms with Crippen LogP contribution in [0.1, 0.15) is 37.6 Å². The van der Waals surface area contributed by atoms with Gasteiger partial charge in [0.1, 0.15) is 5.69 Å². The van der Waals surface area contributed by atoms with Crippen LogP contribution in [0.2, 0.25) is 0 Å². The molecule has 0 amide bonds. The van der Waals surface area contributed by atoms with E-state index in [1.165, 1.54) is 12.8 Å². The van der Waals surface area contributed by atoms with Crippen molar-refractivity contribution in [3.05, 3.63) is 35.7 Å². The van der Waals surface area contributed by atoms with Gasteiger partial charge in [-0.25, -0.2) is 8.42 Å². The first-order valence-corrected chi connectivity index (χ1v) is 9.22. The zero-order chi connectivity index (χ0) is 16.9. The van der Waals surface area contributed by atoms with E-state index in [0.717, 1.165) is 18.7 Å². The van der Waals surface area contributed by atoms with Crippen molar-refractivity contribution < 1.29 is 12.9 Å². The molecule has 0 aliphatic rings. The van der Waals surface area contributed by atoms with E-state index < -0.39 is 10.0 Å². The van der Waals surface area contributed by atoms with Crippen LogP contribution in [0.4, 0.5) is 11.4 Å². The average Bonchev–Trinajstić information content (AvgIpc) is 2.85. The molecule has 23 heavy (non-hydrogen) atoms. The highest BCUT2D eigenvalue weighted by Gasteiger charge is 2.24. The highest BCUT2D eigenvalue weighted by molar-refractivity contribution is 7.92. The Morgan fingerprint density at radius 2 is 1.74 bits per heavy atom. The molecule has 0 aliphatic heterocycles. The molecule has 0 radical (unpaired) electrons. The van der Waals surface area contributed by atoms with Crippen molar-refractivity contribution in [3.8, 4) is 0 Å². The summed E-state index contributed by atoms with van der Waals surface area (Å²) in [6.07, 6.45) is 3.50. The van der Waals surface area contributed by atoms with Gasteiger partial charge in [0.15, 0.2) is 10.7 Å². The van der Waals surface area contributed by atoms with Gasteiger partial charge in [0.05, 0.1) is 0 Å². The Bertz CT molecular complexity index is 717. The zero-order valence-corrected chi connectivity index (χ0v) is 14.5. The molecule has 0 saturated heterocycles. The van der Waals surface area contributed by atoms with Crippen molar-refractivity contribution >= 4 is 21.4 Å². The number of benzene rings is 1. The molecule has 0 unspecified atom stereocenters. The van der Waals surface area contributed by atoms with Gasteiger partial charge in [0.25, 0.3) is 10.0 Å². The van der Waals surface area contributed by atoms with Crippen molar-refractivity contribution in [2.75, 3.05) is 16.6 Å². The van der Waals surface area contributed by atoms with E-state index in [1.54, 1.807) is 26.0 Å². The van der Waals surface area contributed by atoms with Crippen LogP contribution in [0.15, 0.2) is 33.7 Å². The number of anilines is 2. The third-order valence-corrected chi connectivity index (χ3v) is 5.11. The van der Waals surface area contributed by atoms with Crippen LogP contribution >= 0.6 is 0 Å². The molecule has 0 spiro atoms. The van der Waals surface area contributed by atoms with Crippen LogP contribution < -0.4 is 10.0 Å². The van der Waals surface area contributed by atoms with E-state index in [0.29, 0.717) is 11.4 Å². The normalized spacial score (nSPS) is 11.4. The van der Waals surface area contributed by atoms with E-state index in [9.17, 15) is 8.42 Å². The predicted octanol–water partition coefficient (Wildman–Crippen LogP) is 3.69. The van der Waals surface area contributed by atoms with Crippen molar-refractivity contribution in [2.24, 2.45) is 0 Å². The van der Waals surface area contributed by atoms with Crippen LogP contribution in [-0.4, -0.2) is 20.1 Å². The number of hydrogen-bond donors (Lipinski definition) is 2. The molecule has 1 aromatic heterocycles. The lowest BCUT2D eigenvalue weighted by atomic mass is 10.2. The van der Waals surface area contributed by atoms with Gasteiger partial charge in [0.2, 0.25) is 0 Å². The standard InChI is InChI=1S/C16H23N3O3S/c1-4-5-6-11-17-14-7-9-15(10-8-14)19-23(20,21)16-12(2)18-22-13(16)3/h7-10,17,19H,4-6,11H2,1-3H3. The molecule has 0 saturated carbocycles. The molecule has 2 N–H and O–H groups in total. The number of nitrogens with zero attached hydrogens (tertiary/aromatic N) is 1. The molecule has 2 aromatic rings. The zero-order valence-electron chi connectivity index (χ0n) is 13.7. The fraction of sp³-hybridized carbons (Fsp3) is 0.438. The molecule has 0 bridgehead atoms. The maximum absolute atomic E-state index is 12.4. The smallest absolute Gasteiger partial charge is 0.267 e. The van der Waals surface area contributed by atoms with Crippen LogP contribution in [0, 0.1) is 13.8 Å². The Balaban J connectivity index is 2.03. The average molecular weight is 337 g/mol. The predicted molar refractivity (Wildman–Crippen MR) is 91.2 cm³/mol. The minimum absolute atomic E-state index is 0.0965. The van der Waals surface area contributed by atoms with Gasteiger partial charge >= 0.3 is 0 Å². The third kappa shape index (κ3) is 4.48. The maximum Gasteiger partial charge on any atom is 0.267 e.